The van der Waals surface area contributed by atoms with E-state index in [9.17, 15) is 9.59 Å². The molecule has 106 valence electrons. The molecule has 0 saturated heterocycles. The molecule has 0 heterocycles. The number of hydrogen-bond acceptors (Lipinski definition) is 3. The van der Waals surface area contributed by atoms with Gasteiger partial charge in [0.2, 0.25) is 0 Å². The van der Waals surface area contributed by atoms with Crippen LogP contribution in [0.2, 0.25) is 0 Å². The SMILES string of the molecule is C1CCC1.C1CCC1.CCC(=O)COC(=O)CC. The molecule has 0 aromatic carbocycles. The van der Waals surface area contributed by atoms with Crippen molar-refractivity contribution >= 4 is 11.8 Å². The van der Waals surface area contributed by atoms with E-state index in [1.165, 1.54) is 51.4 Å². The molecule has 2 saturated carbocycles. The molecule has 0 unspecified atom stereocenters. The number of rotatable bonds is 4. The van der Waals surface area contributed by atoms with Crippen molar-refractivity contribution < 1.29 is 14.3 Å². The first-order valence-electron chi connectivity index (χ1n) is 7.38. The van der Waals surface area contributed by atoms with Crippen LogP contribution in [0.3, 0.4) is 0 Å². The predicted octanol–water partition coefficient (Wildman–Crippen LogP) is 4.04. The Morgan fingerprint density at radius 2 is 1.17 bits per heavy atom. The van der Waals surface area contributed by atoms with Crippen molar-refractivity contribution in [3.63, 3.8) is 0 Å². The Balaban J connectivity index is 0.000000288. The average molecular weight is 256 g/mol. The second-order valence-electron chi connectivity index (χ2n) is 4.73. The Labute approximate surface area is 111 Å². The van der Waals surface area contributed by atoms with Gasteiger partial charge in [-0.3, -0.25) is 9.59 Å². The highest BCUT2D eigenvalue weighted by molar-refractivity contribution is 5.81. The fraction of sp³-hybridized carbons (Fsp3) is 0.867. The highest BCUT2D eigenvalue weighted by Gasteiger charge is 2.01. The fourth-order valence-corrected chi connectivity index (χ4v) is 0.865. The van der Waals surface area contributed by atoms with Gasteiger partial charge in [0.15, 0.2) is 5.78 Å². The number of ether oxygens (including phenoxy) is 1. The number of esters is 1. The number of Topliss-reactive ketones (excluding diaryl/α,β-unsaturated/α-hetero) is 1. The predicted molar refractivity (Wildman–Crippen MR) is 73.5 cm³/mol. The molecule has 2 fully saturated rings. The van der Waals surface area contributed by atoms with E-state index in [0.29, 0.717) is 12.8 Å². The standard InChI is InChI=1S/C7H12O3.2C4H8/c1-3-6(8)5-10-7(9)4-2;2*1-2-4-3-1/h3-5H2,1-2H3;2*1-4H2. The van der Waals surface area contributed by atoms with Crippen LogP contribution in [-0.4, -0.2) is 18.4 Å². The van der Waals surface area contributed by atoms with Gasteiger partial charge in [0.25, 0.3) is 0 Å². The molecule has 0 N–H and O–H groups in total. The molecule has 3 heteroatoms. The molecule has 0 aliphatic heterocycles. The Kier molecular flexibility index (Phi) is 12.0. The normalized spacial score (nSPS) is 15.7. The van der Waals surface area contributed by atoms with Gasteiger partial charge < -0.3 is 4.74 Å². The maximum atomic E-state index is 10.6. The quantitative estimate of drug-likeness (QED) is 0.713. The summed E-state index contributed by atoms with van der Waals surface area (Å²) < 4.78 is 4.56. The van der Waals surface area contributed by atoms with Gasteiger partial charge in [0.05, 0.1) is 0 Å². The molecule has 3 nitrogen and oxygen atoms in total. The Bertz CT molecular complexity index is 184. The second kappa shape index (κ2) is 12.6. The van der Waals surface area contributed by atoms with Crippen LogP contribution in [-0.2, 0) is 14.3 Å². The Hall–Kier alpha value is -0.860. The van der Waals surface area contributed by atoms with Crippen LogP contribution in [0.1, 0.15) is 78.1 Å². The number of carbonyl (C=O) groups is 2. The summed E-state index contributed by atoms with van der Waals surface area (Å²) in [5.41, 5.74) is 0. The zero-order valence-corrected chi connectivity index (χ0v) is 12.0. The van der Waals surface area contributed by atoms with Crippen molar-refractivity contribution in [2.45, 2.75) is 78.1 Å². The van der Waals surface area contributed by atoms with E-state index in [1.807, 2.05) is 0 Å². The van der Waals surface area contributed by atoms with E-state index in [0.717, 1.165) is 0 Å². The van der Waals surface area contributed by atoms with Gasteiger partial charge in [-0.25, -0.2) is 0 Å². The lowest BCUT2D eigenvalue weighted by molar-refractivity contribution is -0.147. The van der Waals surface area contributed by atoms with Crippen LogP contribution in [0.25, 0.3) is 0 Å². The summed E-state index contributed by atoms with van der Waals surface area (Å²) >= 11 is 0. The summed E-state index contributed by atoms with van der Waals surface area (Å²) in [6.07, 6.45) is 12.8. The molecule has 0 radical (unpaired) electrons. The molecule has 18 heavy (non-hydrogen) atoms. The first kappa shape index (κ1) is 17.1. The third-order valence-corrected chi connectivity index (χ3v) is 3.08. The van der Waals surface area contributed by atoms with E-state index >= 15 is 0 Å². The molecular weight excluding hydrogens is 228 g/mol. The summed E-state index contributed by atoms with van der Waals surface area (Å²) in [6, 6.07) is 0. The topological polar surface area (TPSA) is 43.4 Å². The van der Waals surface area contributed by atoms with Gasteiger partial charge in [0.1, 0.15) is 6.61 Å². The van der Waals surface area contributed by atoms with Crippen LogP contribution in [0.5, 0.6) is 0 Å². The van der Waals surface area contributed by atoms with Crippen molar-refractivity contribution in [3.8, 4) is 0 Å². The maximum absolute atomic E-state index is 10.6. The summed E-state index contributed by atoms with van der Waals surface area (Å²) in [6.45, 7) is 3.37. The monoisotopic (exact) mass is 256 g/mol. The maximum Gasteiger partial charge on any atom is 0.305 e. The summed E-state index contributed by atoms with van der Waals surface area (Å²) in [7, 11) is 0. The Morgan fingerprint density at radius 1 is 0.778 bits per heavy atom. The molecule has 0 aromatic heterocycles. The minimum absolute atomic E-state index is 0.0400. The molecule has 2 aliphatic carbocycles. The van der Waals surface area contributed by atoms with E-state index in [-0.39, 0.29) is 18.4 Å². The minimum Gasteiger partial charge on any atom is -0.458 e. The molecule has 0 bridgehead atoms. The highest BCUT2D eigenvalue weighted by atomic mass is 16.5. The lowest BCUT2D eigenvalue weighted by Crippen LogP contribution is -2.11. The summed E-state index contributed by atoms with van der Waals surface area (Å²) in [4.78, 5) is 21.0. The van der Waals surface area contributed by atoms with Crippen molar-refractivity contribution in [2.24, 2.45) is 0 Å². The van der Waals surface area contributed by atoms with Crippen LogP contribution in [0, 0.1) is 0 Å². The van der Waals surface area contributed by atoms with E-state index in [2.05, 4.69) is 4.74 Å². The summed E-state index contributed by atoms with van der Waals surface area (Å²) in [5.74, 6) is -0.358. The highest BCUT2D eigenvalue weighted by Crippen LogP contribution is 2.15. The lowest BCUT2D eigenvalue weighted by atomic mass is 10.0. The van der Waals surface area contributed by atoms with E-state index in [4.69, 9.17) is 0 Å². The number of hydrogen-bond donors (Lipinski definition) is 0. The van der Waals surface area contributed by atoms with Crippen molar-refractivity contribution in [1.82, 2.24) is 0 Å². The third kappa shape index (κ3) is 11.6. The molecule has 0 spiro atoms. The van der Waals surface area contributed by atoms with Crippen molar-refractivity contribution in [2.75, 3.05) is 6.61 Å². The molecule has 0 aromatic rings. The Morgan fingerprint density at radius 3 is 1.39 bits per heavy atom. The van der Waals surface area contributed by atoms with Gasteiger partial charge in [-0.2, -0.15) is 0 Å². The van der Waals surface area contributed by atoms with Crippen LogP contribution in [0.15, 0.2) is 0 Å². The van der Waals surface area contributed by atoms with Crippen molar-refractivity contribution in [1.29, 1.82) is 0 Å². The molecule has 2 rings (SSSR count). The van der Waals surface area contributed by atoms with Gasteiger partial charge in [-0.1, -0.05) is 65.2 Å². The molecule has 0 amide bonds. The average Bonchev–Trinajstić information content (AvgIpc) is 2.20. The number of carbonyl (C=O) groups excluding carboxylic acids is 2. The van der Waals surface area contributed by atoms with Crippen LogP contribution in [0.4, 0.5) is 0 Å². The summed E-state index contributed by atoms with van der Waals surface area (Å²) in [5, 5.41) is 0. The second-order valence-corrected chi connectivity index (χ2v) is 4.73. The lowest BCUT2D eigenvalue weighted by Gasteiger charge is -2.05. The van der Waals surface area contributed by atoms with Crippen LogP contribution >= 0.6 is 0 Å². The minimum atomic E-state index is -0.318. The molecule has 2 aliphatic rings. The first-order valence-corrected chi connectivity index (χ1v) is 7.38. The van der Waals surface area contributed by atoms with Crippen molar-refractivity contribution in [3.05, 3.63) is 0 Å². The van der Waals surface area contributed by atoms with Crippen LogP contribution < -0.4 is 0 Å². The van der Waals surface area contributed by atoms with Gasteiger partial charge in [-0.05, 0) is 0 Å². The first-order chi connectivity index (χ1) is 8.70. The molecular formula is C15H28O3. The third-order valence-electron chi connectivity index (χ3n) is 3.08. The smallest absolute Gasteiger partial charge is 0.305 e. The largest absolute Gasteiger partial charge is 0.458 e. The van der Waals surface area contributed by atoms with Gasteiger partial charge >= 0.3 is 5.97 Å². The molecule has 0 atom stereocenters. The zero-order chi connectivity index (χ0) is 13.6. The zero-order valence-electron chi connectivity index (χ0n) is 12.0. The fourth-order valence-electron chi connectivity index (χ4n) is 0.865. The van der Waals surface area contributed by atoms with Gasteiger partial charge in [0, 0.05) is 12.8 Å². The van der Waals surface area contributed by atoms with E-state index in [1.54, 1.807) is 13.8 Å². The van der Waals surface area contributed by atoms with Gasteiger partial charge in [-0.15, -0.1) is 0 Å². The van der Waals surface area contributed by atoms with E-state index < -0.39 is 0 Å². The number of ketones is 1.